The molecule has 0 spiro atoms. The van der Waals surface area contributed by atoms with Crippen LogP contribution < -0.4 is 0 Å². The van der Waals surface area contributed by atoms with Gasteiger partial charge in [-0.05, 0) is 17.0 Å². The molecule has 1 saturated heterocycles. The minimum absolute atomic E-state index is 0.342. The third-order valence-corrected chi connectivity index (χ3v) is 3.05. The Morgan fingerprint density at radius 2 is 2.28 bits per heavy atom. The van der Waals surface area contributed by atoms with Gasteiger partial charge < -0.3 is 4.74 Å². The molecule has 2 rings (SSSR count). The van der Waals surface area contributed by atoms with E-state index in [1.807, 2.05) is 12.1 Å². The Labute approximate surface area is 107 Å². The number of nitrogens with zero attached hydrogens (tertiary/aromatic N) is 1. The predicted octanol–water partition coefficient (Wildman–Crippen LogP) is 2.33. The Bertz CT molecular complexity index is 456. The van der Waals surface area contributed by atoms with Gasteiger partial charge in [0.1, 0.15) is 0 Å². The molecule has 4 nitrogen and oxygen atoms in total. The molecule has 1 atom stereocenters. The predicted molar refractivity (Wildman–Crippen MR) is 67.3 cm³/mol. The number of aldehydes is 1. The molecule has 0 aliphatic carbocycles. The number of hydrogen-bond acceptors (Lipinski definition) is 3. The molecule has 1 amide bonds. The molecule has 0 saturated carbocycles. The van der Waals surface area contributed by atoms with Gasteiger partial charge in [0.15, 0.2) is 12.4 Å². The van der Waals surface area contributed by atoms with Gasteiger partial charge in [0.2, 0.25) is 0 Å². The molecule has 96 valence electrons. The summed E-state index contributed by atoms with van der Waals surface area (Å²) in [6.07, 6.45) is -0.365. The highest BCUT2D eigenvalue weighted by molar-refractivity contribution is 5.75. The number of ether oxygens (including phenoxy) is 1. The molecule has 1 aliphatic rings. The van der Waals surface area contributed by atoms with Crippen LogP contribution in [0.15, 0.2) is 24.3 Å². The molecular weight excluding hydrogens is 230 g/mol. The molecule has 0 radical (unpaired) electrons. The summed E-state index contributed by atoms with van der Waals surface area (Å²) in [5, 5.41) is 0. The lowest BCUT2D eigenvalue weighted by Gasteiger charge is -2.14. The van der Waals surface area contributed by atoms with Crippen molar-refractivity contribution in [3.63, 3.8) is 0 Å². The Morgan fingerprint density at radius 3 is 2.89 bits per heavy atom. The van der Waals surface area contributed by atoms with Crippen LogP contribution in [0.2, 0.25) is 0 Å². The number of hydrogen-bond donors (Lipinski definition) is 0. The topological polar surface area (TPSA) is 46.6 Å². The van der Waals surface area contributed by atoms with E-state index in [1.54, 1.807) is 4.90 Å². The molecule has 0 aromatic heterocycles. The van der Waals surface area contributed by atoms with Crippen molar-refractivity contribution in [3.8, 4) is 0 Å². The van der Waals surface area contributed by atoms with Crippen LogP contribution in [0.4, 0.5) is 4.79 Å². The molecule has 1 heterocycles. The molecule has 1 aromatic carbocycles. The van der Waals surface area contributed by atoms with Crippen LogP contribution in [0.25, 0.3) is 0 Å². The van der Waals surface area contributed by atoms with Gasteiger partial charge in [-0.25, -0.2) is 4.79 Å². The van der Waals surface area contributed by atoms with E-state index in [9.17, 15) is 9.59 Å². The second kappa shape index (κ2) is 5.21. The summed E-state index contributed by atoms with van der Waals surface area (Å²) in [6, 6.07) is 8.13. The first-order valence-electron chi connectivity index (χ1n) is 6.10. The fourth-order valence-electron chi connectivity index (χ4n) is 2.00. The minimum atomic E-state index is -0.620. The summed E-state index contributed by atoms with van der Waals surface area (Å²) < 4.78 is 4.89. The lowest BCUT2D eigenvalue weighted by Crippen LogP contribution is -2.24. The summed E-state index contributed by atoms with van der Waals surface area (Å²) in [5.74, 6) is 0.457. The fourth-order valence-corrected chi connectivity index (χ4v) is 2.00. The monoisotopic (exact) mass is 247 g/mol. The zero-order chi connectivity index (χ0) is 13.1. The van der Waals surface area contributed by atoms with Crippen LogP contribution in [0.3, 0.4) is 0 Å². The molecule has 1 aromatic rings. The number of carbonyl (C=O) groups excluding carboxylic acids is 2. The minimum Gasteiger partial charge on any atom is -0.436 e. The van der Waals surface area contributed by atoms with Crippen molar-refractivity contribution in [1.29, 1.82) is 0 Å². The Kier molecular flexibility index (Phi) is 3.65. The number of cyclic esters (lactones) is 1. The number of rotatable bonds is 4. The molecule has 1 unspecified atom stereocenters. The highest BCUT2D eigenvalue weighted by Gasteiger charge is 2.30. The average molecular weight is 247 g/mol. The van der Waals surface area contributed by atoms with E-state index >= 15 is 0 Å². The Hall–Kier alpha value is -1.84. The van der Waals surface area contributed by atoms with Crippen molar-refractivity contribution in [2.75, 3.05) is 6.54 Å². The molecule has 18 heavy (non-hydrogen) atoms. The van der Waals surface area contributed by atoms with Crippen LogP contribution in [-0.4, -0.2) is 29.9 Å². The summed E-state index contributed by atoms with van der Waals surface area (Å²) in [4.78, 5) is 23.7. The van der Waals surface area contributed by atoms with Gasteiger partial charge in [-0.15, -0.1) is 0 Å². The Morgan fingerprint density at radius 1 is 1.50 bits per heavy atom. The van der Waals surface area contributed by atoms with E-state index in [-0.39, 0.29) is 0 Å². The molecule has 4 heteroatoms. The fraction of sp³-hybridized carbons (Fsp3) is 0.429. The summed E-state index contributed by atoms with van der Waals surface area (Å²) in [6.45, 7) is 5.09. The average Bonchev–Trinajstić information content (AvgIpc) is 2.70. The standard InChI is InChI=1S/C14H17NO3/c1-10(2)12-5-3-4-11(6-12)7-15-8-13(9-16)18-14(15)17/h3-6,9-10,13H,7-8H2,1-2H3. The second-order valence-electron chi connectivity index (χ2n) is 4.84. The van der Waals surface area contributed by atoms with Gasteiger partial charge in [0, 0.05) is 6.54 Å². The summed E-state index contributed by atoms with van der Waals surface area (Å²) >= 11 is 0. The Balaban J connectivity index is 2.07. The van der Waals surface area contributed by atoms with E-state index in [0.29, 0.717) is 25.3 Å². The zero-order valence-electron chi connectivity index (χ0n) is 10.6. The molecule has 0 N–H and O–H groups in total. The van der Waals surface area contributed by atoms with E-state index in [0.717, 1.165) is 5.56 Å². The highest BCUT2D eigenvalue weighted by atomic mass is 16.6. The van der Waals surface area contributed by atoms with Crippen molar-refractivity contribution in [3.05, 3.63) is 35.4 Å². The number of carbonyl (C=O) groups is 2. The van der Waals surface area contributed by atoms with Crippen molar-refractivity contribution < 1.29 is 14.3 Å². The third-order valence-electron chi connectivity index (χ3n) is 3.05. The molecular formula is C14H17NO3. The smallest absolute Gasteiger partial charge is 0.410 e. The van der Waals surface area contributed by atoms with Gasteiger partial charge in [0.05, 0.1) is 6.54 Å². The second-order valence-corrected chi connectivity index (χ2v) is 4.84. The van der Waals surface area contributed by atoms with E-state index < -0.39 is 12.2 Å². The van der Waals surface area contributed by atoms with Gasteiger partial charge in [0.25, 0.3) is 0 Å². The van der Waals surface area contributed by atoms with Crippen molar-refractivity contribution in [2.24, 2.45) is 0 Å². The maximum Gasteiger partial charge on any atom is 0.410 e. The molecule has 0 bridgehead atoms. The van der Waals surface area contributed by atoms with Crippen molar-refractivity contribution >= 4 is 12.4 Å². The number of benzene rings is 1. The van der Waals surface area contributed by atoms with Crippen LogP contribution >= 0.6 is 0 Å². The quantitative estimate of drug-likeness (QED) is 0.767. The van der Waals surface area contributed by atoms with Gasteiger partial charge in [-0.3, -0.25) is 9.69 Å². The van der Waals surface area contributed by atoms with Crippen molar-refractivity contribution in [2.45, 2.75) is 32.4 Å². The normalized spacial score (nSPS) is 19.2. The third kappa shape index (κ3) is 2.70. The SMILES string of the molecule is CC(C)c1cccc(CN2CC(C=O)OC2=O)c1. The van der Waals surface area contributed by atoms with Crippen LogP contribution in [0, 0.1) is 0 Å². The zero-order valence-corrected chi connectivity index (χ0v) is 10.6. The van der Waals surface area contributed by atoms with Crippen LogP contribution in [0.5, 0.6) is 0 Å². The molecule has 1 fully saturated rings. The number of amides is 1. The van der Waals surface area contributed by atoms with Crippen LogP contribution in [-0.2, 0) is 16.1 Å². The maximum absolute atomic E-state index is 11.5. The van der Waals surface area contributed by atoms with Gasteiger partial charge >= 0.3 is 6.09 Å². The van der Waals surface area contributed by atoms with Gasteiger partial charge in [-0.1, -0.05) is 38.1 Å². The first-order valence-corrected chi connectivity index (χ1v) is 6.10. The first-order chi connectivity index (χ1) is 8.60. The van der Waals surface area contributed by atoms with E-state index in [2.05, 4.69) is 26.0 Å². The van der Waals surface area contributed by atoms with E-state index in [4.69, 9.17) is 4.74 Å². The maximum atomic E-state index is 11.5. The lowest BCUT2D eigenvalue weighted by molar-refractivity contribution is -0.113. The van der Waals surface area contributed by atoms with Gasteiger partial charge in [-0.2, -0.15) is 0 Å². The molecule has 1 aliphatic heterocycles. The summed E-state index contributed by atoms with van der Waals surface area (Å²) in [7, 11) is 0. The summed E-state index contributed by atoms with van der Waals surface area (Å²) in [5.41, 5.74) is 2.30. The van der Waals surface area contributed by atoms with Crippen molar-refractivity contribution in [1.82, 2.24) is 4.90 Å². The lowest BCUT2D eigenvalue weighted by atomic mass is 10.0. The van der Waals surface area contributed by atoms with Crippen LogP contribution in [0.1, 0.15) is 30.9 Å². The first kappa shape index (κ1) is 12.6. The largest absolute Gasteiger partial charge is 0.436 e. The highest BCUT2D eigenvalue weighted by Crippen LogP contribution is 2.18. The van der Waals surface area contributed by atoms with E-state index in [1.165, 1.54) is 5.56 Å².